The summed E-state index contributed by atoms with van der Waals surface area (Å²) in [5.74, 6) is 1.57. The van der Waals surface area contributed by atoms with E-state index in [1.807, 2.05) is 6.07 Å². The van der Waals surface area contributed by atoms with Gasteiger partial charge in [-0.3, -0.25) is 0 Å². The van der Waals surface area contributed by atoms with E-state index in [4.69, 9.17) is 10.5 Å². The lowest BCUT2D eigenvalue weighted by Crippen LogP contribution is -2.40. The number of methoxy groups -OCH3 is 1. The summed E-state index contributed by atoms with van der Waals surface area (Å²) < 4.78 is 5.28. The van der Waals surface area contributed by atoms with E-state index in [2.05, 4.69) is 37.9 Å². The number of hydrogen-bond acceptors (Lipinski definition) is 3. The quantitative estimate of drug-likeness (QED) is 0.888. The molecule has 0 spiro atoms. The number of fused-ring (bicyclic) bond motifs is 1. The molecule has 2 N–H and O–H groups in total. The van der Waals surface area contributed by atoms with Gasteiger partial charge in [-0.2, -0.15) is 0 Å². The highest BCUT2D eigenvalue weighted by atomic mass is 16.5. The third kappa shape index (κ3) is 2.52. The average molecular weight is 248 g/mol. The molecular formula is C15H24N2O. The van der Waals surface area contributed by atoms with E-state index in [0.29, 0.717) is 12.0 Å². The Balaban J connectivity index is 2.17. The molecule has 100 valence electrons. The number of nitrogens with zero attached hydrogens (tertiary/aromatic N) is 1. The molecule has 0 radical (unpaired) electrons. The summed E-state index contributed by atoms with van der Waals surface area (Å²) in [6.45, 7) is 5.57. The van der Waals surface area contributed by atoms with E-state index in [-0.39, 0.29) is 6.04 Å². The first kappa shape index (κ1) is 13.4. The van der Waals surface area contributed by atoms with Gasteiger partial charge < -0.3 is 15.4 Å². The first-order chi connectivity index (χ1) is 8.52. The highest BCUT2D eigenvalue weighted by Crippen LogP contribution is 2.34. The maximum atomic E-state index is 6.39. The number of rotatable bonds is 4. The standard InChI is InChI=1S/C15H24N2O/c1-10(2)9-17(3)14-7-11-5-6-12(18-4)8-13(11)15(14)16/h5-6,8,10,14-15H,7,9,16H2,1-4H3. The Labute approximate surface area is 110 Å². The number of benzene rings is 1. The Morgan fingerprint density at radius 1 is 1.44 bits per heavy atom. The van der Waals surface area contributed by atoms with E-state index in [1.165, 1.54) is 11.1 Å². The van der Waals surface area contributed by atoms with E-state index in [1.54, 1.807) is 7.11 Å². The zero-order valence-corrected chi connectivity index (χ0v) is 11.8. The van der Waals surface area contributed by atoms with Crippen molar-refractivity contribution in [3.8, 4) is 5.75 Å². The largest absolute Gasteiger partial charge is 0.497 e. The van der Waals surface area contributed by atoms with Gasteiger partial charge in [-0.15, -0.1) is 0 Å². The molecule has 0 saturated heterocycles. The average Bonchev–Trinajstić information content (AvgIpc) is 2.65. The zero-order chi connectivity index (χ0) is 13.3. The molecule has 3 heteroatoms. The fourth-order valence-electron chi connectivity index (χ4n) is 2.90. The van der Waals surface area contributed by atoms with Gasteiger partial charge in [0.1, 0.15) is 5.75 Å². The van der Waals surface area contributed by atoms with E-state index >= 15 is 0 Å². The van der Waals surface area contributed by atoms with Crippen LogP contribution >= 0.6 is 0 Å². The normalized spacial score (nSPS) is 22.6. The molecule has 0 heterocycles. The van der Waals surface area contributed by atoms with Gasteiger partial charge in [0.25, 0.3) is 0 Å². The molecule has 3 nitrogen and oxygen atoms in total. The van der Waals surface area contributed by atoms with Crippen molar-refractivity contribution in [1.82, 2.24) is 4.90 Å². The molecule has 1 aliphatic rings. The fraction of sp³-hybridized carbons (Fsp3) is 0.600. The molecule has 0 saturated carbocycles. The molecule has 1 aromatic carbocycles. The second-order valence-electron chi connectivity index (χ2n) is 5.70. The zero-order valence-electron chi connectivity index (χ0n) is 11.8. The van der Waals surface area contributed by atoms with Crippen LogP contribution in [0, 0.1) is 5.92 Å². The smallest absolute Gasteiger partial charge is 0.119 e. The molecule has 2 rings (SSSR count). The Hall–Kier alpha value is -1.06. The van der Waals surface area contributed by atoms with Crippen LogP contribution in [0.3, 0.4) is 0 Å². The second-order valence-corrected chi connectivity index (χ2v) is 5.70. The second kappa shape index (κ2) is 5.29. The third-order valence-electron chi connectivity index (χ3n) is 3.78. The van der Waals surface area contributed by atoms with Gasteiger partial charge >= 0.3 is 0 Å². The van der Waals surface area contributed by atoms with E-state index in [9.17, 15) is 0 Å². The first-order valence-corrected chi connectivity index (χ1v) is 6.65. The maximum absolute atomic E-state index is 6.39. The lowest BCUT2D eigenvalue weighted by atomic mass is 10.1. The van der Waals surface area contributed by atoms with Crippen molar-refractivity contribution < 1.29 is 4.74 Å². The Morgan fingerprint density at radius 2 is 2.17 bits per heavy atom. The summed E-state index contributed by atoms with van der Waals surface area (Å²) in [7, 11) is 3.87. The molecule has 18 heavy (non-hydrogen) atoms. The van der Waals surface area contributed by atoms with Crippen LogP contribution in [0.25, 0.3) is 0 Å². The molecule has 0 amide bonds. The van der Waals surface area contributed by atoms with Crippen LogP contribution in [0.1, 0.15) is 31.0 Å². The van der Waals surface area contributed by atoms with Crippen LogP contribution in [0.15, 0.2) is 18.2 Å². The van der Waals surface area contributed by atoms with Gasteiger partial charge in [0.2, 0.25) is 0 Å². The molecule has 0 aromatic heterocycles. The first-order valence-electron chi connectivity index (χ1n) is 6.65. The van der Waals surface area contributed by atoms with Crippen molar-refractivity contribution >= 4 is 0 Å². The number of likely N-dealkylation sites (N-methyl/N-ethyl adjacent to an activating group) is 1. The summed E-state index contributed by atoms with van der Waals surface area (Å²) >= 11 is 0. The van der Waals surface area contributed by atoms with Crippen molar-refractivity contribution in [2.24, 2.45) is 11.7 Å². The van der Waals surface area contributed by atoms with Crippen molar-refractivity contribution in [1.29, 1.82) is 0 Å². The lowest BCUT2D eigenvalue weighted by molar-refractivity contribution is 0.200. The van der Waals surface area contributed by atoms with Crippen molar-refractivity contribution in [3.05, 3.63) is 29.3 Å². The summed E-state index contributed by atoms with van der Waals surface area (Å²) in [6, 6.07) is 6.77. The monoisotopic (exact) mass is 248 g/mol. The molecule has 0 fully saturated rings. The van der Waals surface area contributed by atoms with Gasteiger partial charge in [-0.05, 0) is 42.6 Å². The van der Waals surface area contributed by atoms with Crippen molar-refractivity contribution in [2.45, 2.75) is 32.4 Å². The fourth-order valence-corrected chi connectivity index (χ4v) is 2.90. The van der Waals surface area contributed by atoms with Gasteiger partial charge in [-0.1, -0.05) is 19.9 Å². The minimum absolute atomic E-state index is 0.0962. The van der Waals surface area contributed by atoms with Gasteiger partial charge in [0.05, 0.1) is 7.11 Å². The van der Waals surface area contributed by atoms with Crippen molar-refractivity contribution in [3.63, 3.8) is 0 Å². The topological polar surface area (TPSA) is 38.5 Å². The van der Waals surface area contributed by atoms with Gasteiger partial charge in [0, 0.05) is 18.6 Å². The van der Waals surface area contributed by atoms with Crippen LogP contribution in [0.5, 0.6) is 5.75 Å². The summed E-state index contributed by atoms with van der Waals surface area (Å²) in [5.41, 5.74) is 9.00. The van der Waals surface area contributed by atoms with Gasteiger partial charge in [-0.25, -0.2) is 0 Å². The van der Waals surface area contributed by atoms with Crippen LogP contribution < -0.4 is 10.5 Å². The number of nitrogens with two attached hydrogens (primary N) is 1. The predicted molar refractivity (Wildman–Crippen MR) is 74.9 cm³/mol. The molecule has 2 unspecified atom stereocenters. The number of ether oxygens (including phenoxy) is 1. The summed E-state index contributed by atoms with van der Waals surface area (Å²) in [4.78, 5) is 2.39. The molecule has 2 atom stereocenters. The molecular weight excluding hydrogens is 224 g/mol. The Bertz CT molecular complexity index is 417. The molecule has 0 aliphatic heterocycles. The van der Waals surface area contributed by atoms with E-state index in [0.717, 1.165) is 18.7 Å². The third-order valence-corrected chi connectivity index (χ3v) is 3.78. The van der Waals surface area contributed by atoms with Crippen LogP contribution in [0.4, 0.5) is 0 Å². The SMILES string of the molecule is COc1ccc2c(c1)C(N)C(N(C)CC(C)C)C2. The highest BCUT2D eigenvalue weighted by Gasteiger charge is 2.32. The Kier molecular flexibility index (Phi) is 3.93. The van der Waals surface area contributed by atoms with Crippen LogP contribution in [-0.4, -0.2) is 31.6 Å². The van der Waals surface area contributed by atoms with Crippen LogP contribution in [-0.2, 0) is 6.42 Å². The minimum Gasteiger partial charge on any atom is -0.497 e. The minimum atomic E-state index is 0.0962. The summed E-state index contributed by atoms with van der Waals surface area (Å²) in [6.07, 6.45) is 1.05. The highest BCUT2D eigenvalue weighted by molar-refractivity contribution is 5.42. The summed E-state index contributed by atoms with van der Waals surface area (Å²) in [5, 5.41) is 0. The molecule has 0 bridgehead atoms. The van der Waals surface area contributed by atoms with Crippen LogP contribution in [0.2, 0.25) is 0 Å². The van der Waals surface area contributed by atoms with E-state index < -0.39 is 0 Å². The lowest BCUT2D eigenvalue weighted by Gasteiger charge is -2.29. The maximum Gasteiger partial charge on any atom is 0.119 e. The molecule has 1 aliphatic carbocycles. The predicted octanol–water partition coefficient (Wildman–Crippen LogP) is 2.21. The van der Waals surface area contributed by atoms with Crippen molar-refractivity contribution in [2.75, 3.05) is 20.7 Å². The Morgan fingerprint density at radius 3 is 2.78 bits per heavy atom. The van der Waals surface area contributed by atoms with Gasteiger partial charge in [0.15, 0.2) is 0 Å². The number of hydrogen-bond donors (Lipinski definition) is 1. The molecule has 1 aromatic rings.